The lowest BCUT2D eigenvalue weighted by atomic mass is 9.84. The van der Waals surface area contributed by atoms with E-state index in [1.165, 1.54) is 0 Å². The second-order valence-electron chi connectivity index (χ2n) is 15.4. The summed E-state index contributed by atoms with van der Waals surface area (Å²) in [6, 6.07) is 8.19. The number of rotatable bonds is 23. The van der Waals surface area contributed by atoms with Gasteiger partial charge in [-0.25, -0.2) is 0 Å². The van der Waals surface area contributed by atoms with Crippen LogP contribution >= 0.6 is 0 Å². The predicted molar refractivity (Wildman–Crippen MR) is 208 cm³/mol. The highest BCUT2D eigenvalue weighted by atomic mass is 16.5. The number of nitrogens with zero attached hydrogens (tertiary/aromatic N) is 5. The smallest absolute Gasteiger partial charge is 0.226 e. The molecule has 298 valence electrons. The minimum atomic E-state index is -0.605. The van der Waals surface area contributed by atoms with E-state index in [1.54, 1.807) is 45.0 Å². The molecule has 0 unspecified atom stereocenters. The van der Waals surface area contributed by atoms with E-state index >= 15 is 0 Å². The van der Waals surface area contributed by atoms with Crippen LogP contribution in [0.1, 0.15) is 86.1 Å². The molecule has 0 aliphatic carbocycles. The van der Waals surface area contributed by atoms with E-state index < -0.39 is 36.1 Å². The second-order valence-corrected chi connectivity index (χ2v) is 15.4. The first-order valence-corrected chi connectivity index (χ1v) is 19.3. The van der Waals surface area contributed by atoms with Crippen LogP contribution in [0, 0.1) is 29.6 Å². The van der Waals surface area contributed by atoms with Gasteiger partial charge in [0.1, 0.15) is 0 Å². The van der Waals surface area contributed by atoms with Gasteiger partial charge in [0.2, 0.25) is 17.7 Å². The third-order valence-corrected chi connectivity index (χ3v) is 11.2. The zero-order chi connectivity index (χ0) is 39.8. The third kappa shape index (κ3) is 12.8. The fraction of sp³-hybridized carbons (Fsp3) is 0.750. The van der Waals surface area contributed by atoms with Gasteiger partial charge < -0.3 is 29.9 Å². The van der Waals surface area contributed by atoms with Crippen molar-refractivity contribution in [2.45, 2.75) is 123 Å². The standard InChI is InChI=1S/C40H67N7O6/c1-12-27(6)37(46(9)40(51)31(25(2)3)22-33(48)36(42-8)26(4)5)34(52-10)23-35(49)47-20-16-19-32(47)38(53-11)28(7)39(50)44-30(24-43-45-41)21-29-17-14-13-15-18-29/h13-15,17-18,25-28,30-32,34,36-38,42H,12,16,19-24H2,1-11H3,(H,44,50)/t27-,28+,30-,31-,32-,34+,36-,37-,38+/m0/s1. The molecule has 0 saturated carbocycles. The van der Waals surface area contributed by atoms with E-state index in [0.29, 0.717) is 19.4 Å². The number of benzene rings is 1. The molecule has 1 aromatic carbocycles. The highest BCUT2D eigenvalue weighted by molar-refractivity contribution is 5.90. The first kappa shape index (κ1) is 45.6. The Kier molecular flexibility index (Phi) is 19.5. The van der Waals surface area contributed by atoms with Crippen molar-refractivity contribution >= 4 is 23.5 Å². The van der Waals surface area contributed by atoms with Crippen LogP contribution in [0.3, 0.4) is 0 Å². The molecule has 0 bridgehead atoms. The van der Waals surface area contributed by atoms with Gasteiger partial charge in [-0.05, 0) is 55.2 Å². The van der Waals surface area contributed by atoms with E-state index in [9.17, 15) is 19.2 Å². The first-order chi connectivity index (χ1) is 25.2. The molecule has 0 spiro atoms. The number of carbonyl (C=O) groups excluding carboxylic acids is 4. The van der Waals surface area contributed by atoms with Crippen molar-refractivity contribution in [2.75, 3.05) is 41.4 Å². The van der Waals surface area contributed by atoms with Crippen molar-refractivity contribution in [1.82, 2.24) is 20.4 Å². The van der Waals surface area contributed by atoms with Crippen LogP contribution in [-0.2, 0) is 35.1 Å². The number of hydrogen-bond donors (Lipinski definition) is 2. The number of ether oxygens (including phenoxy) is 2. The van der Waals surface area contributed by atoms with E-state index in [1.807, 2.05) is 58.0 Å². The maximum Gasteiger partial charge on any atom is 0.226 e. The summed E-state index contributed by atoms with van der Waals surface area (Å²) in [6.07, 6.45) is 1.69. The van der Waals surface area contributed by atoms with Crippen LogP contribution in [0.15, 0.2) is 35.4 Å². The monoisotopic (exact) mass is 742 g/mol. The number of ketones is 1. The summed E-state index contributed by atoms with van der Waals surface area (Å²) in [5, 5.41) is 9.89. The largest absolute Gasteiger partial charge is 0.379 e. The number of nitrogens with one attached hydrogen (secondary N) is 2. The lowest BCUT2D eigenvalue weighted by molar-refractivity contribution is -0.149. The molecule has 1 fully saturated rings. The number of amides is 3. The number of carbonyl (C=O) groups is 4. The molecular weight excluding hydrogens is 674 g/mol. The molecule has 1 saturated heterocycles. The summed E-state index contributed by atoms with van der Waals surface area (Å²) in [4.78, 5) is 61.8. The molecule has 3 amide bonds. The molecule has 0 radical (unpaired) electrons. The fourth-order valence-corrected chi connectivity index (χ4v) is 7.91. The molecule has 1 heterocycles. The van der Waals surface area contributed by atoms with Crippen molar-refractivity contribution in [3.05, 3.63) is 46.3 Å². The Morgan fingerprint density at radius 2 is 1.68 bits per heavy atom. The van der Waals surface area contributed by atoms with Crippen molar-refractivity contribution in [1.29, 1.82) is 0 Å². The first-order valence-electron chi connectivity index (χ1n) is 19.3. The summed E-state index contributed by atoms with van der Waals surface area (Å²) in [5.41, 5.74) is 9.96. The minimum Gasteiger partial charge on any atom is -0.379 e. The normalized spacial score (nSPS) is 19.0. The third-order valence-electron chi connectivity index (χ3n) is 11.2. The Bertz CT molecular complexity index is 1350. The molecule has 2 rings (SSSR count). The van der Waals surface area contributed by atoms with Gasteiger partial charge in [0.05, 0.1) is 42.7 Å². The summed E-state index contributed by atoms with van der Waals surface area (Å²) in [7, 11) is 6.67. The molecule has 13 heteroatoms. The van der Waals surface area contributed by atoms with Crippen LogP contribution in [0.4, 0.5) is 0 Å². The van der Waals surface area contributed by atoms with Crippen molar-refractivity contribution in [3.8, 4) is 0 Å². The average Bonchev–Trinajstić information content (AvgIpc) is 3.62. The Labute approximate surface area is 317 Å². The highest BCUT2D eigenvalue weighted by Gasteiger charge is 2.43. The zero-order valence-corrected chi connectivity index (χ0v) is 34.1. The predicted octanol–water partition coefficient (Wildman–Crippen LogP) is 5.42. The van der Waals surface area contributed by atoms with Gasteiger partial charge >= 0.3 is 0 Å². The Hall–Kier alpha value is -3.51. The SMILES string of the molecule is CC[C@H](C)[C@@H]([C@@H](CC(=O)N1CCC[C@H]1[C@H](OC)[C@@H](C)C(=O)N[C@H](CN=[N+]=[N-])Cc1ccccc1)OC)N(C)C(=O)[C@@H](CC(=O)[C@@H](NC)C(C)C)C(C)C. The Morgan fingerprint density at radius 3 is 2.21 bits per heavy atom. The van der Waals surface area contributed by atoms with Crippen molar-refractivity contribution in [2.24, 2.45) is 34.7 Å². The average molecular weight is 742 g/mol. The lowest BCUT2D eigenvalue weighted by Gasteiger charge is -2.41. The van der Waals surface area contributed by atoms with Crippen molar-refractivity contribution in [3.63, 3.8) is 0 Å². The van der Waals surface area contributed by atoms with E-state index in [4.69, 9.17) is 15.0 Å². The number of likely N-dealkylation sites (N-methyl/N-ethyl adjacent to an activating group) is 2. The van der Waals surface area contributed by atoms with Crippen molar-refractivity contribution < 1.29 is 28.7 Å². The minimum absolute atomic E-state index is 0.00458. The summed E-state index contributed by atoms with van der Waals surface area (Å²) >= 11 is 0. The van der Waals surface area contributed by atoms with Gasteiger partial charge in [-0.2, -0.15) is 0 Å². The molecular formula is C40H67N7O6. The Balaban J connectivity index is 2.27. The molecule has 2 N–H and O–H groups in total. The summed E-state index contributed by atoms with van der Waals surface area (Å²) in [5.74, 6) is -1.58. The lowest BCUT2D eigenvalue weighted by Crippen LogP contribution is -2.54. The number of hydrogen-bond acceptors (Lipinski definition) is 8. The van der Waals surface area contributed by atoms with E-state index in [0.717, 1.165) is 18.4 Å². The van der Waals surface area contributed by atoms with Gasteiger partial charge in [-0.3, -0.25) is 19.2 Å². The molecule has 0 aromatic heterocycles. The summed E-state index contributed by atoms with van der Waals surface area (Å²) in [6.45, 7) is 14.4. The maximum atomic E-state index is 14.2. The summed E-state index contributed by atoms with van der Waals surface area (Å²) < 4.78 is 12.0. The zero-order valence-electron chi connectivity index (χ0n) is 34.1. The van der Waals surface area contributed by atoms with Gasteiger partial charge in [-0.15, -0.1) is 0 Å². The molecule has 13 nitrogen and oxygen atoms in total. The number of methoxy groups -OCH3 is 2. The van der Waals surface area contributed by atoms with E-state index in [-0.39, 0.29) is 72.7 Å². The maximum absolute atomic E-state index is 14.2. The number of Topliss-reactive ketones (excluding diaryl/α,β-unsaturated/α-hetero) is 1. The van der Waals surface area contributed by atoms with Crippen LogP contribution in [-0.4, -0.2) is 111 Å². The van der Waals surface area contributed by atoms with Gasteiger partial charge in [0.25, 0.3) is 0 Å². The Morgan fingerprint density at radius 1 is 1.02 bits per heavy atom. The van der Waals surface area contributed by atoms with Gasteiger partial charge in [-0.1, -0.05) is 90.3 Å². The molecule has 1 aliphatic heterocycles. The number of likely N-dealkylation sites (tertiary alicyclic amines) is 1. The van der Waals surface area contributed by atoms with Crippen LogP contribution < -0.4 is 10.6 Å². The molecule has 1 aliphatic rings. The fourth-order valence-electron chi connectivity index (χ4n) is 7.91. The van der Waals surface area contributed by atoms with Gasteiger partial charge in [0, 0.05) is 57.6 Å². The molecule has 1 aromatic rings. The van der Waals surface area contributed by atoms with Crippen LogP contribution in [0.5, 0.6) is 0 Å². The highest BCUT2D eigenvalue weighted by Crippen LogP contribution is 2.31. The van der Waals surface area contributed by atoms with E-state index in [2.05, 4.69) is 34.5 Å². The molecule has 9 atom stereocenters. The molecule has 53 heavy (non-hydrogen) atoms. The van der Waals surface area contributed by atoms with Crippen LogP contribution in [0.2, 0.25) is 0 Å². The topological polar surface area (TPSA) is 166 Å². The second kappa shape index (κ2) is 22.6. The van der Waals surface area contributed by atoms with Crippen LogP contribution in [0.25, 0.3) is 10.4 Å². The van der Waals surface area contributed by atoms with Gasteiger partial charge in [0.15, 0.2) is 5.78 Å². The quantitative estimate of drug-likeness (QED) is 0.0859. The number of azide groups is 1.